The predicted octanol–water partition coefficient (Wildman–Crippen LogP) is 3.20. The smallest absolute Gasteiger partial charge is 0.233 e. The van der Waals surface area contributed by atoms with Gasteiger partial charge in [-0.3, -0.25) is 14.5 Å². The number of rotatable bonds is 7. The second kappa shape index (κ2) is 7.89. The molecule has 0 bridgehead atoms. The number of fused-ring (bicyclic) bond motifs is 1. The van der Waals surface area contributed by atoms with E-state index in [1.807, 2.05) is 32.0 Å². The zero-order valence-electron chi connectivity index (χ0n) is 15.1. The first kappa shape index (κ1) is 17.8. The van der Waals surface area contributed by atoms with Crippen molar-refractivity contribution >= 4 is 11.8 Å². The Morgan fingerprint density at radius 3 is 2.16 bits per heavy atom. The van der Waals surface area contributed by atoms with E-state index in [2.05, 4.69) is 0 Å². The molecule has 1 saturated carbocycles. The number of hydrogen-bond acceptors (Lipinski definition) is 4. The van der Waals surface area contributed by atoms with E-state index in [0.717, 1.165) is 42.7 Å². The lowest BCUT2D eigenvalue weighted by Crippen LogP contribution is -2.33. The van der Waals surface area contributed by atoms with E-state index >= 15 is 0 Å². The Bertz CT molecular complexity index is 619. The Morgan fingerprint density at radius 2 is 1.56 bits per heavy atom. The summed E-state index contributed by atoms with van der Waals surface area (Å²) in [5.41, 5.74) is 1.04. The van der Waals surface area contributed by atoms with E-state index in [-0.39, 0.29) is 23.7 Å². The van der Waals surface area contributed by atoms with Crippen molar-refractivity contribution in [2.75, 3.05) is 19.8 Å². The highest BCUT2D eigenvalue weighted by Crippen LogP contribution is 2.38. The van der Waals surface area contributed by atoms with Gasteiger partial charge in [-0.15, -0.1) is 0 Å². The van der Waals surface area contributed by atoms with Gasteiger partial charge in [0.15, 0.2) is 11.5 Å². The van der Waals surface area contributed by atoms with Crippen molar-refractivity contribution in [3.63, 3.8) is 0 Å². The number of carbonyl (C=O) groups is 2. The van der Waals surface area contributed by atoms with Gasteiger partial charge in [-0.1, -0.05) is 18.9 Å². The van der Waals surface area contributed by atoms with Crippen LogP contribution >= 0.6 is 0 Å². The summed E-state index contributed by atoms with van der Waals surface area (Å²) in [7, 11) is 0. The van der Waals surface area contributed by atoms with E-state index in [4.69, 9.17) is 9.47 Å². The summed E-state index contributed by atoms with van der Waals surface area (Å²) in [5.74, 6) is 1.37. The van der Waals surface area contributed by atoms with Gasteiger partial charge >= 0.3 is 0 Å². The number of nitrogens with zero attached hydrogens (tertiary/aromatic N) is 1. The molecular formula is C20H27NO4. The van der Waals surface area contributed by atoms with Crippen molar-refractivity contribution < 1.29 is 19.1 Å². The summed E-state index contributed by atoms with van der Waals surface area (Å²) < 4.78 is 11.2. The normalized spacial score (nSPS) is 22.9. The van der Waals surface area contributed by atoms with Crippen LogP contribution < -0.4 is 9.47 Å². The van der Waals surface area contributed by atoms with Gasteiger partial charge in [0.1, 0.15) is 0 Å². The minimum Gasteiger partial charge on any atom is -0.490 e. The molecule has 0 aromatic heterocycles. The summed E-state index contributed by atoms with van der Waals surface area (Å²) in [6.07, 6.45) is 4.49. The molecule has 0 radical (unpaired) electrons. The molecule has 25 heavy (non-hydrogen) atoms. The van der Waals surface area contributed by atoms with Gasteiger partial charge < -0.3 is 9.47 Å². The van der Waals surface area contributed by atoms with Crippen molar-refractivity contribution in [3.05, 3.63) is 23.8 Å². The number of hydrogen-bond donors (Lipinski definition) is 0. The first-order valence-corrected chi connectivity index (χ1v) is 9.39. The summed E-state index contributed by atoms with van der Waals surface area (Å²) in [5, 5.41) is 0. The number of benzene rings is 1. The summed E-state index contributed by atoms with van der Waals surface area (Å²) >= 11 is 0. The molecule has 0 spiro atoms. The second-order valence-corrected chi connectivity index (χ2v) is 6.72. The molecule has 1 heterocycles. The van der Waals surface area contributed by atoms with Crippen molar-refractivity contribution in [2.24, 2.45) is 11.8 Å². The Kier molecular flexibility index (Phi) is 5.61. The Hall–Kier alpha value is -2.04. The first-order chi connectivity index (χ1) is 12.2. The van der Waals surface area contributed by atoms with Crippen LogP contribution in [0.1, 0.15) is 45.1 Å². The van der Waals surface area contributed by atoms with E-state index in [1.165, 1.54) is 4.90 Å². The number of amides is 2. The molecular weight excluding hydrogens is 318 g/mol. The Morgan fingerprint density at radius 1 is 0.960 bits per heavy atom. The van der Waals surface area contributed by atoms with Gasteiger partial charge in [-0.2, -0.15) is 0 Å². The molecule has 5 nitrogen and oxygen atoms in total. The Balaban J connectivity index is 1.67. The standard InChI is InChI=1S/C20H27NO4/c1-3-24-17-10-9-14(13-18(17)25-4-2)11-12-21-19(22)15-7-5-6-8-16(15)20(21)23/h9-10,13,15-16H,3-8,11-12H2,1-2H3/t15-,16+. The minimum absolute atomic E-state index is 0.0330. The third kappa shape index (κ3) is 3.65. The van der Waals surface area contributed by atoms with Crippen LogP contribution in [0.5, 0.6) is 11.5 Å². The molecule has 1 aliphatic heterocycles. The van der Waals surface area contributed by atoms with Crippen LogP contribution in [0.2, 0.25) is 0 Å². The van der Waals surface area contributed by atoms with Crippen LogP contribution in [0.3, 0.4) is 0 Å². The quantitative estimate of drug-likeness (QED) is 0.712. The summed E-state index contributed by atoms with van der Waals surface area (Å²) in [6, 6.07) is 5.83. The average molecular weight is 345 g/mol. The molecule has 2 amide bonds. The van der Waals surface area contributed by atoms with Crippen LogP contribution in [0.15, 0.2) is 18.2 Å². The number of ether oxygens (including phenoxy) is 2. The average Bonchev–Trinajstić information content (AvgIpc) is 2.87. The maximum atomic E-state index is 12.5. The molecule has 5 heteroatoms. The lowest BCUT2D eigenvalue weighted by atomic mass is 9.81. The zero-order chi connectivity index (χ0) is 17.8. The monoisotopic (exact) mass is 345 g/mol. The maximum absolute atomic E-state index is 12.5. The van der Waals surface area contributed by atoms with Crippen LogP contribution in [-0.2, 0) is 16.0 Å². The van der Waals surface area contributed by atoms with Crippen molar-refractivity contribution in [2.45, 2.75) is 46.0 Å². The Labute approximate surface area is 149 Å². The van der Waals surface area contributed by atoms with E-state index in [9.17, 15) is 9.59 Å². The molecule has 2 atom stereocenters. The molecule has 136 valence electrons. The summed E-state index contributed by atoms with van der Waals surface area (Å²) in [4.78, 5) is 26.6. The van der Waals surface area contributed by atoms with Crippen LogP contribution in [-0.4, -0.2) is 36.5 Å². The third-order valence-corrected chi connectivity index (χ3v) is 5.16. The summed E-state index contributed by atoms with van der Waals surface area (Å²) in [6.45, 7) is 5.47. The highest BCUT2D eigenvalue weighted by Gasteiger charge is 2.47. The van der Waals surface area contributed by atoms with Crippen LogP contribution in [0.4, 0.5) is 0 Å². The maximum Gasteiger partial charge on any atom is 0.233 e. The minimum atomic E-state index is -0.0689. The highest BCUT2D eigenvalue weighted by molar-refractivity contribution is 6.05. The fraction of sp³-hybridized carbons (Fsp3) is 0.600. The van der Waals surface area contributed by atoms with Gasteiger partial charge in [0.05, 0.1) is 25.0 Å². The lowest BCUT2D eigenvalue weighted by Gasteiger charge is -2.19. The van der Waals surface area contributed by atoms with E-state index < -0.39 is 0 Å². The topological polar surface area (TPSA) is 55.8 Å². The molecule has 3 rings (SSSR count). The van der Waals surface area contributed by atoms with E-state index in [1.54, 1.807) is 0 Å². The molecule has 1 saturated heterocycles. The predicted molar refractivity (Wildman–Crippen MR) is 94.7 cm³/mol. The van der Waals surface area contributed by atoms with Crippen LogP contribution in [0, 0.1) is 11.8 Å². The van der Waals surface area contributed by atoms with E-state index in [0.29, 0.717) is 26.2 Å². The second-order valence-electron chi connectivity index (χ2n) is 6.72. The van der Waals surface area contributed by atoms with Gasteiger partial charge in [0.2, 0.25) is 11.8 Å². The van der Waals surface area contributed by atoms with Gasteiger partial charge in [0.25, 0.3) is 0 Å². The van der Waals surface area contributed by atoms with Gasteiger partial charge in [-0.25, -0.2) is 0 Å². The van der Waals surface area contributed by atoms with Gasteiger partial charge in [-0.05, 0) is 50.8 Å². The van der Waals surface area contributed by atoms with Crippen molar-refractivity contribution in [1.29, 1.82) is 0 Å². The largest absolute Gasteiger partial charge is 0.490 e. The molecule has 1 aromatic rings. The highest BCUT2D eigenvalue weighted by atomic mass is 16.5. The molecule has 1 aromatic carbocycles. The molecule has 1 aliphatic carbocycles. The number of likely N-dealkylation sites (tertiary alicyclic amines) is 1. The lowest BCUT2D eigenvalue weighted by molar-refractivity contribution is -0.139. The molecule has 0 N–H and O–H groups in total. The fourth-order valence-corrected chi connectivity index (χ4v) is 3.94. The first-order valence-electron chi connectivity index (χ1n) is 9.39. The number of carbonyl (C=O) groups excluding carboxylic acids is 2. The van der Waals surface area contributed by atoms with Crippen molar-refractivity contribution in [3.8, 4) is 11.5 Å². The third-order valence-electron chi connectivity index (χ3n) is 5.16. The number of imide groups is 1. The van der Waals surface area contributed by atoms with Crippen LogP contribution in [0.25, 0.3) is 0 Å². The SMILES string of the molecule is CCOc1ccc(CCN2C(=O)[C@H]3CCCC[C@H]3C2=O)cc1OCC. The zero-order valence-corrected chi connectivity index (χ0v) is 15.1. The molecule has 2 aliphatic rings. The van der Waals surface area contributed by atoms with Crippen molar-refractivity contribution in [1.82, 2.24) is 4.90 Å². The van der Waals surface area contributed by atoms with Gasteiger partial charge in [0, 0.05) is 6.54 Å². The molecule has 0 unspecified atom stereocenters. The fourth-order valence-electron chi connectivity index (χ4n) is 3.94. The molecule has 2 fully saturated rings.